The van der Waals surface area contributed by atoms with E-state index in [9.17, 15) is 31.9 Å². The van der Waals surface area contributed by atoms with Crippen LogP contribution in [-0.2, 0) is 20.2 Å². The van der Waals surface area contributed by atoms with Crippen LogP contribution in [0.1, 0.15) is 27.9 Å². The number of esters is 1. The van der Waals surface area contributed by atoms with Gasteiger partial charge < -0.3 is 15.0 Å². The number of methoxy groups -OCH3 is 1. The molecule has 6 nitrogen and oxygen atoms in total. The Labute approximate surface area is 185 Å². The molecule has 0 bridgehead atoms. The van der Waals surface area contributed by atoms with E-state index in [1.807, 2.05) is 0 Å². The van der Waals surface area contributed by atoms with Crippen LogP contribution in [0.25, 0.3) is 11.1 Å². The van der Waals surface area contributed by atoms with Gasteiger partial charge in [-0.05, 0) is 23.3 Å². The molecule has 1 fully saturated rings. The minimum absolute atomic E-state index is 0.0513. The summed E-state index contributed by atoms with van der Waals surface area (Å²) in [4.78, 5) is 37.9. The zero-order chi connectivity index (χ0) is 23.9. The lowest BCUT2D eigenvalue weighted by Crippen LogP contribution is -2.45. The summed E-state index contributed by atoms with van der Waals surface area (Å²) in [6.07, 6.45) is -2.33. The molecule has 0 aromatic heterocycles. The average molecular weight is 462 g/mol. The molecule has 1 atom stereocenters. The first-order chi connectivity index (χ1) is 15.6. The molecule has 10 heteroatoms. The summed E-state index contributed by atoms with van der Waals surface area (Å²) in [6.45, 7) is -1.03. The quantitative estimate of drug-likeness (QED) is 0.558. The van der Waals surface area contributed by atoms with Crippen molar-refractivity contribution in [1.82, 2.24) is 10.2 Å². The molecule has 0 unspecified atom stereocenters. The second kappa shape index (κ2) is 8.34. The number of hydrogen-bond donors (Lipinski definition) is 1. The van der Waals surface area contributed by atoms with Gasteiger partial charge in [0.1, 0.15) is 6.04 Å². The van der Waals surface area contributed by atoms with Crippen molar-refractivity contribution >= 4 is 17.8 Å². The highest BCUT2D eigenvalue weighted by atomic mass is 19.3. The van der Waals surface area contributed by atoms with E-state index in [1.54, 1.807) is 6.07 Å². The number of amides is 2. The van der Waals surface area contributed by atoms with Crippen molar-refractivity contribution in [2.24, 2.45) is 0 Å². The Bertz CT molecular complexity index is 1190. The Kier molecular flexibility index (Phi) is 5.69. The van der Waals surface area contributed by atoms with E-state index in [4.69, 9.17) is 0 Å². The summed E-state index contributed by atoms with van der Waals surface area (Å²) < 4.78 is 59.9. The molecule has 4 rings (SSSR count). The zero-order valence-corrected chi connectivity index (χ0v) is 17.3. The van der Waals surface area contributed by atoms with E-state index in [1.165, 1.54) is 36.4 Å². The van der Waals surface area contributed by atoms with E-state index >= 15 is 0 Å². The number of fused-ring (bicyclic) bond motifs is 3. The molecule has 1 saturated heterocycles. The summed E-state index contributed by atoms with van der Waals surface area (Å²) in [5.41, 5.74) is -0.151. The maximum Gasteiger partial charge on any atom is 0.328 e. The van der Waals surface area contributed by atoms with Crippen LogP contribution < -0.4 is 5.32 Å². The molecule has 0 saturated carbocycles. The number of benzene rings is 2. The minimum atomic E-state index is -3.19. The fraction of sp³-hybridized carbons (Fsp3) is 0.261. The van der Waals surface area contributed by atoms with E-state index in [-0.39, 0.29) is 34.2 Å². The highest BCUT2D eigenvalue weighted by molar-refractivity contribution is 5.99. The number of nitrogens with one attached hydrogen (secondary N) is 1. The highest BCUT2D eigenvalue weighted by Gasteiger charge is 2.44. The summed E-state index contributed by atoms with van der Waals surface area (Å²) in [7, 11) is 1.08. The largest absolute Gasteiger partial charge is 0.467 e. The lowest BCUT2D eigenvalue weighted by molar-refractivity contribution is -0.150. The summed E-state index contributed by atoms with van der Waals surface area (Å²) >= 11 is 0. The van der Waals surface area contributed by atoms with Crippen molar-refractivity contribution < 1.29 is 36.7 Å². The monoisotopic (exact) mass is 462 g/mol. The van der Waals surface area contributed by atoms with Gasteiger partial charge in [0.15, 0.2) is 0 Å². The molecule has 1 aliphatic heterocycles. The number of alkyl halides is 2. The Morgan fingerprint density at radius 1 is 1.09 bits per heavy atom. The fourth-order valence-electron chi connectivity index (χ4n) is 4.15. The van der Waals surface area contributed by atoms with Crippen LogP contribution in [0.2, 0.25) is 0 Å². The summed E-state index contributed by atoms with van der Waals surface area (Å²) in [5.74, 6) is -5.50. The molecular weight excluding hydrogens is 444 g/mol. The number of carbonyl (C=O) groups is 3. The molecule has 1 aliphatic carbocycles. The molecule has 2 aliphatic rings. The van der Waals surface area contributed by atoms with Gasteiger partial charge in [0.05, 0.1) is 13.7 Å². The predicted octanol–water partition coefficient (Wildman–Crippen LogP) is 3.46. The molecule has 0 radical (unpaired) electrons. The number of hydrogen-bond acceptors (Lipinski definition) is 4. The van der Waals surface area contributed by atoms with Crippen LogP contribution in [0.3, 0.4) is 0 Å². The van der Waals surface area contributed by atoms with Gasteiger partial charge in [-0.3, -0.25) is 9.59 Å². The van der Waals surface area contributed by atoms with Crippen LogP contribution in [0.15, 0.2) is 54.1 Å². The molecule has 2 aromatic rings. The molecular formula is C23H18F4N2O4. The molecule has 172 valence electrons. The van der Waals surface area contributed by atoms with Gasteiger partial charge in [0.2, 0.25) is 5.91 Å². The normalized spacial score (nSPS) is 17.9. The Morgan fingerprint density at radius 2 is 1.79 bits per heavy atom. The van der Waals surface area contributed by atoms with Gasteiger partial charge in [-0.25, -0.2) is 4.79 Å². The molecule has 2 amide bonds. The van der Waals surface area contributed by atoms with Gasteiger partial charge >= 0.3 is 5.97 Å². The van der Waals surface area contributed by atoms with Crippen LogP contribution in [0, 0.1) is 0 Å². The van der Waals surface area contributed by atoms with Crippen molar-refractivity contribution in [3.63, 3.8) is 0 Å². The minimum Gasteiger partial charge on any atom is -0.467 e. The van der Waals surface area contributed by atoms with Crippen molar-refractivity contribution in [3.8, 4) is 11.1 Å². The third-order valence-corrected chi connectivity index (χ3v) is 5.81. The predicted molar refractivity (Wildman–Crippen MR) is 109 cm³/mol. The van der Waals surface area contributed by atoms with Gasteiger partial charge in [-0.2, -0.15) is 17.6 Å². The van der Waals surface area contributed by atoms with E-state index in [2.05, 4.69) is 10.1 Å². The molecule has 2 aromatic carbocycles. The third kappa shape index (κ3) is 3.85. The third-order valence-electron chi connectivity index (χ3n) is 5.81. The van der Waals surface area contributed by atoms with Crippen molar-refractivity contribution in [2.45, 2.75) is 18.4 Å². The standard InChI is InChI=1S/C23H18F4N2O4/c1-33-22(32)18-9-13(20(24)25)11-29(18)19(30)10-28-21(31)12-6-7-17-15(8-12)14-4-2-3-5-16(14)23(17,26)27/h2-8,18H,9-11H2,1H3,(H,28,31)/t18-/m0/s1. The van der Waals surface area contributed by atoms with Crippen molar-refractivity contribution in [2.75, 3.05) is 20.2 Å². The number of rotatable bonds is 4. The van der Waals surface area contributed by atoms with Crippen LogP contribution in [0.5, 0.6) is 0 Å². The smallest absolute Gasteiger partial charge is 0.328 e. The van der Waals surface area contributed by atoms with Crippen LogP contribution in [0.4, 0.5) is 17.6 Å². The van der Waals surface area contributed by atoms with Crippen LogP contribution >= 0.6 is 0 Å². The Hall–Kier alpha value is -3.69. The first kappa shape index (κ1) is 22.5. The molecule has 0 spiro atoms. The van der Waals surface area contributed by atoms with Crippen molar-refractivity contribution in [1.29, 1.82) is 0 Å². The number of likely N-dealkylation sites (tertiary alicyclic amines) is 1. The van der Waals surface area contributed by atoms with E-state index in [0.29, 0.717) is 5.56 Å². The molecule has 1 heterocycles. The zero-order valence-electron chi connectivity index (χ0n) is 17.3. The number of nitrogens with zero attached hydrogens (tertiary/aromatic N) is 1. The average Bonchev–Trinajstić information content (AvgIpc) is 3.35. The summed E-state index contributed by atoms with van der Waals surface area (Å²) in [5, 5.41) is 2.36. The SMILES string of the molecule is COC(=O)[C@@H]1CC(=C(F)F)CN1C(=O)CNC(=O)c1ccc2c(c1)-c1ccccc1C2(F)F. The Morgan fingerprint density at radius 3 is 2.48 bits per heavy atom. The highest BCUT2D eigenvalue weighted by Crippen LogP contribution is 2.50. The first-order valence-corrected chi connectivity index (χ1v) is 9.96. The maximum absolute atomic E-state index is 14.7. The fourth-order valence-corrected chi connectivity index (χ4v) is 4.15. The topological polar surface area (TPSA) is 75.7 Å². The van der Waals surface area contributed by atoms with Gasteiger partial charge in [0.25, 0.3) is 17.9 Å². The first-order valence-electron chi connectivity index (χ1n) is 9.96. The molecule has 33 heavy (non-hydrogen) atoms. The lowest BCUT2D eigenvalue weighted by Gasteiger charge is -2.22. The lowest BCUT2D eigenvalue weighted by atomic mass is 10.0. The summed E-state index contributed by atoms with van der Waals surface area (Å²) in [6, 6.07) is 8.49. The van der Waals surface area contributed by atoms with Gasteiger partial charge in [0, 0.05) is 35.2 Å². The van der Waals surface area contributed by atoms with Crippen molar-refractivity contribution in [3.05, 3.63) is 70.8 Å². The van der Waals surface area contributed by atoms with E-state index < -0.39 is 48.9 Å². The number of halogens is 4. The molecule has 1 N–H and O–H groups in total. The van der Waals surface area contributed by atoms with Gasteiger partial charge in [-0.15, -0.1) is 0 Å². The van der Waals surface area contributed by atoms with Gasteiger partial charge in [-0.1, -0.05) is 30.3 Å². The van der Waals surface area contributed by atoms with E-state index in [0.717, 1.165) is 12.0 Å². The Balaban J connectivity index is 1.50. The van der Waals surface area contributed by atoms with Crippen LogP contribution in [-0.4, -0.2) is 48.9 Å². The second-order valence-corrected chi connectivity index (χ2v) is 7.69. The maximum atomic E-state index is 14.7. The number of ether oxygens (including phenoxy) is 1. The second-order valence-electron chi connectivity index (χ2n) is 7.69. The number of carbonyl (C=O) groups excluding carboxylic acids is 3.